The van der Waals surface area contributed by atoms with Gasteiger partial charge in [0.2, 0.25) is 0 Å². The smallest absolute Gasteiger partial charge is 0.253 e. The van der Waals surface area contributed by atoms with E-state index in [0.717, 1.165) is 57.1 Å². The maximum atomic E-state index is 12.5. The molecule has 0 atom stereocenters. The van der Waals surface area contributed by atoms with Gasteiger partial charge in [0, 0.05) is 43.2 Å². The number of hydrogen-bond donors (Lipinski definition) is 0. The number of rotatable bonds is 2. The molecule has 1 amide bonds. The maximum Gasteiger partial charge on any atom is 0.253 e. The van der Waals surface area contributed by atoms with E-state index >= 15 is 0 Å². The van der Waals surface area contributed by atoms with Gasteiger partial charge in [-0.15, -0.1) is 0 Å². The number of hydrogen-bond acceptors (Lipinski definition) is 4. The molecule has 2 heterocycles. The lowest BCUT2D eigenvalue weighted by Gasteiger charge is -2.29. The molecule has 1 aromatic carbocycles. The molecule has 2 aliphatic heterocycles. The third-order valence-electron chi connectivity index (χ3n) is 4.00. The van der Waals surface area contributed by atoms with Crippen LogP contribution in [0.1, 0.15) is 16.8 Å². The van der Waals surface area contributed by atoms with E-state index in [1.54, 1.807) is 0 Å². The second-order valence-corrected chi connectivity index (χ2v) is 6.63. The molecule has 0 N–H and O–H groups in total. The second kappa shape index (κ2) is 7.18. The summed E-state index contributed by atoms with van der Waals surface area (Å²) in [5, 5.41) is 0. The number of nitrogens with zero attached hydrogens (tertiary/aromatic N) is 2. The summed E-state index contributed by atoms with van der Waals surface area (Å²) in [6.45, 7) is 5.18. The summed E-state index contributed by atoms with van der Waals surface area (Å²) < 4.78 is 5.37. The zero-order valence-electron chi connectivity index (χ0n) is 12.3. The molecule has 0 spiro atoms. The molecule has 2 fully saturated rings. The van der Waals surface area contributed by atoms with Crippen LogP contribution in [0.4, 0.5) is 5.69 Å². The van der Waals surface area contributed by atoms with Crippen molar-refractivity contribution in [1.29, 1.82) is 0 Å². The highest BCUT2D eigenvalue weighted by molar-refractivity contribution is 7.99. The minimum Gasteiger partial charge on any atom is -0.378 e. The van der Waals surface area contributed by atoms with E-state index in [9.17, 15) is 4.79 Å². The summed E-state index contributed by atoms with van der Waals surface area (Å²) in [5.41, 5.74) is 1.99. The van der Waals surface area contributed by atoms with Gasteiger partial charge in [-0.3, -0.25) is 4.79 Å². The lowest BCUT2D eigenvalue weighted by Crippen LogP contribution is -2.36. The average Bonchev–Trinajstić information content (AvgIpc) is 2.84. The van der Waals surface area contributed by atoms with E-state index in [-0.39, 0.29) is 5.91 Å². The largest absolute Gasteiger partial charge is 0.378 e. The molecule has 0 bridgehead atoms. The highest BCUT2D eigenvalue weighted by Gasteiger charge is 2.18. The normalized spacial score (nSPS) is 20.2. The Kier molecular flexibility index (Phi) is 5.04. The van der Waals surface area contributed by atoms with Gasteiger partial charge in [0.05, 0.1) is 13.2 Å². The predicted octanol–water partition coefficient (Wildman–Crippen LogP) is 2.10. The molecule has 3 rings (SSSR count). The standard InChI is InChI=1S/C16H22N2O2S/c19-16(18-6-1-12-21-13-9-18)14-2-4-15(5-3-14)17-7-10-20-11-8-17/h2-5H,1,6-13H2. The molecule has 1 aromatic rings. The van der Waals surface area contributed by atoms with Crippen molar-refractivity contribution in [1.82, 2.24) is 4.90 Å². The van der Waals surface area contributed by atoms with Crippen LogP contribution in [0.5, 0.6) is 0 Å². The Hall–Kier alpha value is -1.20. The zero-order valence-corrected chi connectivity index (χ0v) is 13.1. The van der Waals surface area contributed by atoms with Gasteiger partial charge in [-0.1, -0.05) is 0 Å². The van der Waals surface area contributed by atoms with Crippen LogP contribution in [0.25, 0.3) is 0 Å². The van der Waals surface area contributed by atoms with E-state index in [1.165, 1.54) is 11.4 Å². The van der Waals surface area contributed by atoms with Crippen LogP contribution >= 0.6 is 11.8 Å². The second-order valence-electron chi connectivity index (χ2n) is 5.40. The van der Waals surface area contributed by atoms with E-state index < -0.39 is 0 Å². The first-order chi connectivity index (χ1) is 10.3. The van der Waals surface area contributed by atoms with Crippen LogP contribution in [-0.4, -0.2) is 61.7 Å². The summed E-state index contributed by atoms with van der Waals surface area (Å²) in [5.74, 6) is 2.39. The number of carbonyl (C=O) groups excluding carboxylic acids is 1. The van der Waals surface area contributed by atoms with E-state index in [2.05, 4.69) is 17.0 Å². The number of carbonyl (C=O) groups is 1. The molecule has 0 aromatic heterocycles. The highest BCUT2D eigenvalue weighted by Crippen LogP contribution is 2.19. The van der Waals surface area contributed by atoms with Gasteiger partial charge in [-0.25, -0.2) is 0 Å². The first-order valence-corrected chi connectivity index (χ1v) is 8.80. The minimum absolute atomic E-state index is 0.172. The molecule has 5 heteroatoms. The number of thioether (sulfide) groups is 1. The van der Waals surface area contributed by atoms with Gasteiger partial charge in [-0.2, -0.15) is 11.8 Å². The Morgan fingerprint density at radius 2 is 1.76 bits per heavy atom. The van der Waals surface area contributed by atoms with Gasteiger partial charge in [0.1, 0.15) is 0 Å². The van der Waals surface area contributed by atoms with Crippen molar-refractivity contribution in [2.75, 3.05) is 55.8 Å². The molecule has 0 unspecified atom stereocenters. The number of amides is 1. The van der Waals surface area contributed by atoms with Crippen molar-refractivity contribution in [3.63, 3.8) is 0 Å². The molecule has 114 valence electrons. The molecule has 0 radical (unpaired) electrons. The number of morpholine rings is 1. The zero-order chi connectivity index (χ0) is 14.5. The topological polar surface area (TPSA) is 32.8 Å². The van der Waals surface area contributed by atoms with Gasteiger partial charge in [0.15, 0.2) is 0 Å². The molecule has 2 saturated heterocycles. The van der Waals surface area contributed by atoms with Gasteiger partial charge in [0.25, 0.3) is 5.91 Å². The first kappa shape index (κ1) is 14.7. The van der Waals surface area contributed by atoms with Gasteiger partial charge < -0.3 is 14.5 Å². The van der Waals surface area contributed by atoms with Crippen LogP contribution in [0, 0.1) is 0 Å². The van der Waals surface area contributed by atoms with Crippen molar-refractivity contribution in [3.8, 4) is 0 Å². The Labute approximate surface area is 130 Å². The summed E-state index contributed by atoms with van der Waals surface area (Å²) >= 11 is 1.94. The minimum atomic E-state index is 0.172. The van der Waals surface area contributed by atoms with Gasteiger partial charge in [-0.05, 0) is 36.4 Å². The fourth-order valence-electron chi connectivity index (χ4n) is 2.77. The van der Waals surface area contributed by atoms with Crippen molar-refractivity contribution in [2.45, 2.75) is 6.42 Å². The van der Waals surface area contributed by atoms with Crippen LogP contribution in [0.2, 0.25) is 0 Å². The Bertz CT molecular complexity index is 464. The molecule has 0 aliphatic carbocycles. The summed E-state index contributed by atoms with van der Waals surface area (Å²) in [4.78, 5) is 16.8. The highest BCUT2D eigenvalue weighted by atomic mass is 32.2. The third kappa shape index (κ3) is 3.71. The summed E-state index contributed by atoms with van der Waals surface area (Å²) in [7, 11) is 0. The molecular weight excluding hydrogens is 284 g/mol. The van der Waals surface area contributed by atoms with Crippen LogP contribution < -0.4 is 4.90 Å². The summed E-state index contributed by atoms with van der Waals surface area (Å²) in [6, 6.07) is 8.05. The van der Waals surface area contributed by atoms with Crippen molar-refractivity contribution >= 4 is 23.4 Å². The van der Waals surface area contributed by atoms with Crippen LogP contribution in [0.3, 0.4) is 0 Å². The monoisotopic (exact) mass is 306 g/mol. The molecule has 4 nitrogen and oxygen atoms in total. The lowest BCUT2D eigenvalue weighted by molar-refractivity contribution is 0.0768. The number of anilines is 1. The van der Waals surface area contributed by atoms with Crippen molar-refractivity contribution < 1.29 is 9.53 Å². The van der Waals surface area contributed by atoms with E-state index in [1.807, 2.05) is 28.8 Å². The fraction of sp³-hybridized carbons (Fsp3) is 0.562. The third-order valence-corrected chi connectivity index (χ3v) is 5.05. The number of benzene rings is 1. The SMILES string of the molecule is O=C(c1ccc(N2CCOCC2)cc1)N1CCCSCC1. The van der Waals surface area contributed by atoms with Crippen molar-refractivity contribution in [3.05, 3.63) is 29.8 Å². The fourth-order valence-corrected chi connectivity index (χ4v) is 3.65. The lowest BCUT2D eigenvalue weighted by atomic mass is 10.1. The average molecular weight is 306 g/mol. The van der Waals surface area contributed by atoms with E-state index in [4.69, 9.17) is 4.74 Å². The Morgan fingerprint density at radius 3 is 2.52 bits per heavy atom. The Morgan fingerprint density at radius 1 is 1.00 bits per heavy atom. The van der Waals surface area contributed by atoms with Crippen LogP contribution in [-0.2, 0) is 4.74 Å². The van der Waals surface area contributed by atoms with Crippen molar-refractivity contribution in [2.24, 2.45) is 0 Å². The predicted molar refractivity (Wildman–Crippen MR) is 87.3 cm³/mol. The molecule has 0 saturated carbocycles. The number of ether oxygens (including phenoxy) is 1. The van der Waals surface area contributed by atoms with E-state index in [0.29, 0.717) is 0 Å². The van der Waals surface area contributed by atoms with Gasteiger partial charge >= 0.3 is 0 Å². The Balaban J connectivity index is 1.66. The molecular formula is C16H22N2O2S. The quantitative estimate of drug-likeness (QED) is 0.838. The molecule has 2 aliphatic rings. The molecule has 21 heavy (non-hydrogen) atoms. The first-order valence-electron chi connectivity index (χ1n) is 7.64. The van der Waals surface area contributed by atoms with Crippen LogP contribution in [0.15, 0.2) is 24.3 Å². The maximum absolute atomic E-state index is 12.5. The summed E-state index contributed by atoms with van der Waals surface area (Å²) in [6.07, 6.45) is 1.10.